The Kier molecular flexibility index (Phi) is 4.69. The van der Waals surface area contributed by atoms with Gasteiger partial charge in [0.25, 0.3) is 5.89 Å². The highest BCUT2D eigenvalue weighted by Gasteiger charge is 2.36. The van der Waals surface area contributed by atoms with Gasteiger partial charge in [-0.3, -0.25) is 0 Å². The zero-order valence-corrected chi connectivity index (χ0v) is 14.1. The molecule has 1 aliphatic carbocycles. The first-order chi connectivity index (χ1) is 11.2. The maximum atomic E-state index is 6.39. The van der Waals surface area contributed by atoms with Gasteiger partial charge in [0.1, 0.15) is 0 Å². The molecule has 0 aliphatic heterocycles. The van der Waals surface area contributed by atoms with Gasteiger partial charge < -0.3 is 10.3 Å². The molecule has 0 atom stereocenters. The van der Waals surface area contributed by atoms with E-state index in [0.717, 1.165) is 31.2 Å². The molecular weight excluding hydrogens is 322 g/mol. The minimum absolute atomic E-state index is 0. The Hall–Kier alpha value is -2.17. The predicted octanol–water partition coefficient (Wildman–Crippen LogP) is 4.55. The minimum atomic E-state index is -0.411. The summed E-state index contributed by atoms with van der Waals surface area (Å²) in [5.41, 5.74) is 9.26. The van der Waals surface area contributed by atoms with Gasteiger partial charge in [-0.1, -0.05) is 60.5 Å². The molecule has 4 nitrogen and oxygen atoms in total. The van der Waals surface area contributed by atoms with Crippen LogP contribution >= 0.6 is 12.4 Å². The van der Waals surface area contributed by atoms with Gasteiger partial charge in [0.2, 0.25) is 0 Å². The van der Waals surface area contributed by atoms with Crippen LogP contribution in [0.5, 0.6) is 0 Å². The van der Waals surface area contributed by atoms with E-state index in [4.69, 9.17) is 10.3 Å². The van der Waals surface area contributed by atoms with Gasteiger partial charge >= 0.3 is 0 Å². The lowest BCUT2D eigenvalue weighted by Gasteiger charge is -2.17. The van der Waals surface area contributed by atoms with Gasteiger partial charge in [0.15, 0.2) is 5.82 Å². The van der Waals surface area contributed by atoms with E-state index in [-0.39, 0.29) is 12.4 Å². The van der Waals surface area contributed by atoms with Crippen molar-refractivity contribution in [3.63, 3.8) is 0 Å². The lowest BCUT2D eigenvalue weighted by Crippen LogP contribution is -2.34. The Morgan fingerprint density at radius 3 is 2.08 bits per heavy atom. The van der Waals surface area contributed by atoms with Gasteiger partial charge in [0.05, 0.1) is 5.54 Å². The van der Waals surface area contributed by atoms with Crippen molar-refractivity contribution in [3.8, 4) is 22.6 Å². The second kappa shape index (κ2) is 6.75. The Bertz CT molecular complexity index is 793. The molecule has 0 radical (unpaired) electrons. The van der Waals surface area contributed by atoms with Crippen molar-refractivity contribution in [1.29, 1.82) is 0 Å². The molecule has 4 rings (SSSR count). The van der Waals surface area contributed by atoms with E-state index in [1.54, 1.807) is 0 Å². The number of benzene rings is 2. The lowest BCUT2D eigenvalue weighted by atomic mass is 9.98. The van der Waals surface area contributed by atoms with Gasteiger partial charge in [-0.15, -0.1) is 12.4 Å². The van der Waals surface area contributed by atoms with Crippen LogP contribution < -0.4 is 5.73 Å². The number of hydrogen-bond acceptors (Lipinski definition) is 4. The van der Waals surface area contributed by atoms with Crippen LogP contribution in [-0.4, -0.2) is 10.1 Å². The summed E-state index contributed by atoms with van der Waals surface area (Å²) in [4.78, 5) is 4.53. The molecule has 1 saturated carbocycles. The fourth-order valence-corrected chi connectivity index (χ4v) is 3.21. The molecule has 3 aromatic rings. The SMILES string of the molecule is Cl.NC1(c2noc(-c3ccc(-c4ccccc4)cc3)n2)CCCC1. The highest BCUT2D eigenvalue weighted by Crippen LogP contribution is 2.35. The molecule has 0 unspecified atom stereocenters. The molecule has 24 heavy (non-hydrogen) atoms. The lowest BCUT2D eigenvalue weighted by molar-refractivity contribution is 0.372. The summed E-state index contributed by atoms with van der Waals surface area (Å²) in [5.74, 6) is 1.17. The van der Waals surface area contributed by atoms with Crippen molar-refractivity contribution in [2.24, 2.45) is 5.73 Å². The standard InChI is InChI=1S/C19H19N3O.ClH/c20-19(12-4-5-13-19)18-21-17(23-22-18)16-10-8-15(9-11-16)14-6-2-1-3-7-14;/h1-3,6-11H,4-5,12-13,20H2;1H. The maximum Gasteiger partial charge on any atom is 0.257 e. The second-order valence-electron chi connectivity index (χ2n) is 6.23. The summed E-state index contributed by atoms with van der Waals surface area (Å²) >= 11 is 0. The fraction of sp³-hybridized carbons (Fsp3) is 0.263. The minimum Gasteiger partial charge on any atom is -0.334 e. The summed E-state index contributed by atoms with van der Waals surface area (Å²) in [5, 5.41) is 4.12. The predicted molar refractivity (Wildman–Crippen MR) is 96.8 cm³/mol. The van der Waals surface area contributed by atoms with E-state index in [2.05, 4.69) is 34.4 Å². The van der Waals surface area contributed by atoms with Crippen LogP contribution in [0, 0.1) is 0 Å². The maximum absolute atomic E-state index is 6.39. The number of rotatable bonds is 3. The highest BCUT2D eigenvalue weighted by molar-refractivity contribution is 5.85. The summed E-state index contributed by atoms with van der Waals surface area (Å²) < 4.78 is 5.43. The highest BCUT2D eigenvalue weighted by atomic mass is 35.5. The van der Waals surface area contributed by atoms with E-state index in [0.29, 0.717) is 11.7 Å². The summed E-state index contributed by atoms with van der Waals surface area (Å²) in [6.45, 7) is 0. The van der Waals surface area contributed by atoms with Gasteiger partial charge in [-0.2, -0.15) is 4.98 Å². The normalized spacial score (nSPS) is 15.9. The molecule has 0 amide bonds. The third-order valence-electron chi connectivity index (χ3n) is 4.61. The molecule has 124 valence electrons. The number of aromatic nitrogens is 2. The van der Waals surface area contributed by atoms with Crippen molar-refractivity contribution in [3.05, 3.63) is 60.4 Å². The third kappa shape index (κ3) is 3.07. The first-order valence-corrected chi connectivity index (χ1v) is 8.04. The van der Waals surface area contributed by atoms with E-state index in [1.807, 2.05) is 30.3 Å². The number of nitrogens with zero attached hydrogens (tertiary/aromatic N) is 2. The Morgan fingerprint density at radius 1 is 0.833 bits per heavy atom. The average molecular weight is 342 g/mol. The summed E-state index contributed by atoms with van der Waals surface area (Å²) in [7, 11) is 0. The topological polar surface area (TPSA) is 64.9 Å². The van der Waals surface area contributed by atoms with Crippen LogP contribution in [0.15, 0.2) is 59.1 Å². The van der Waals surface area contributed by atoms with Crippen LogP contribution in [0.1, 0.15) is 31.5 Å². The number of nitrogens with two attached hydrogens (primary N) is 1. The van der Waals surface area contributed by atoms with Crippen LogP contribution in [0.2, 0.25) is 0 Å². The van der Waals surface area contributed by atoms with Crippen molar-refractivity contribution in [2.45, 2.75) is 31.2 Å². The number of halogens is 1. The van der Waals surface area contributed by atoms with Gasteiger partial charge in [-0.25, -0.2) is 0 Å². The van der Waals surface area contributed by atoms with E-state index in [9.17, 15) is 0 Å². The third-order valence-corrected chi connectivity index (χ3v) is 4.61. The molecule has 2 aromatic carbocycles. The molecule has 2 N–H and O–H groups in total. The smallest absolute Gasteiger partial charge is 0.257 e. The molecule has 1 fully saturated rings. The van der Waals surface area contributed by atoms with E-state index >= 15 is 0 Å². The molecular formula is C19H20ClN3O. The van der Waals surface area contributed by atoms with E-state index < -0.39 is 5.54 Å². The Labute approximate surface area is 147 Å². The zero-order valence-electron chi connectivity index (χ0n) is 13.3. The van der Waals surface area contributed by atoms with Gasteiger partial charge in [0, 0.05) is 5.56 Å². The molecule has 1 aromatic heterocycles. The van der Waals surface area contributed by atoms with Crippen molar-refractivity contribution >= 4 is 12.4 Å². The summed E-state index contributed by atoms with van der Waals surface area (Å²) in [6.07, 6.45) is 4.12. The molecule has 1 aliphatic rings. The zero-order chi connectivity index (χ0) is 15.7. The van der Waals surface area contributed by atoms with Crippen molar-refractivity contribution in [1.82, 2.24) is 10.1 Å². The first-order valence-electron chi connectivity index (χ1n) is 8.04. The van der Waals surface area contributed by atoms with E-state index in [1.165, 1.54) is 11.1 Å². The molecule has 0 spiro atoms. The van der Waals surface area contributed by atoms with Crippen molar-refractivity contribution < 1.29 is 4.52 Å². The molecule has 0 bridgehead atoms. The molecule has 5 heteroatoms. The average Bonchev–Trinajstić information content (AvgIpc) is 3.26. The van der Waals surface area contributed by atoms with Crippen LogP contribution in [0.4, 0.5) is 0 Å². The second-order valence-corrected chi connectivity index (χ2v) is 6.23. The monoisotopic (exact) mass is 341 g/mol. The Balaban J connectivity index is 0.00000169. The van der Waals surface area contributed by atoms with Crippen LogP contribution in [-0.2, 0) is 5.54 Å². The molecule has 1 heterocycles. The quantitative estimate of drug-likeness (QED) is 0.758. The van der Waals surface area contributed by atoms with Crippen molar-refractivity contribution in [2.75, 3.05) is 0 Å². The first kappa shape index (κ1) is 16.7. The fourth-order valence-electron chi connectivity index (χ4n) is 3.21. The number of hydrogen-bond donors (Lipinski definition) is 1. The largest absolute Gasteiger partial charge is 0.334 e. The molecule has 0 saturated heterocycles. The van der Waals surface area contributed by atoms with Crippen LogP contribution in [0.3, 0.4) is 0 Å². The Morgan fingerprint density at radius 2 is 1.42 bits per heavy atom. The van der Waals surface area contributed by atoms with Crippen LogP contribution in [0.25, 0.3) is 22.6 Å². The van der Waals surface area contributed by atoms with Gasteiger partial charge in [-0.05, 0) is 36.1 Å². The summed E-state index contributed by atoms with van der Waals surface area (Å²) in [6, 6.07) is 18.4.